The van der Waals surface area contributed by atoms with E-state index in [4.69, 9.17) is 5.11 Å². The van der Waals surface area contributed by atoms with Gasteiger partial charge in [-0.2, -0.15) is 0 Å². The van der Waals surface area contributed by atoms with Crippen LogP contribution >= 0.6 is 0 Å². The van der Waals surface area contributed by atoms with Crippen molar-refractivity contribution in [2.24, 2.45) is 5.41 Å². The first-order valence-corrected chi connectivity index (χ1v) is 6.04. The summed E-state index contributed by atoms with van der Waals surface area (Å²) in [5, 5.41) is 9.10. The summed E-state index contributed by atoms with van der Waals surface area (Å²) in [7, 11) is 0. The molecule has 17 heavy (non-hydrogen) atoms. The van der Waals surface area contributed by atoms with Crippen LogP contribution in [0.5, 0.6) is 0 Å². The summed E-state index contributed by atoms with van der Waals surface area (Å²) in [6.45, 7) is 10.4. The number of benzene rings is 1. The van der Waals surface area contributed by atoms with Crippen LogP contribution in [-0.4, -0.2) is 11.1 Å². The number of carbonyl (C=O) groups is 1. The molecule has 2 heteroatoms. The molecule has 0 bridgehead atoms. The molecule has 0 atom stereocenters. The Labute approximate surface area is 104 Å². The topological polar surface area (TPSA) is 37.3 Å². The molecule has 0 aromatic heterocycles. The minimum atomic E-state index is -0.831. The van der Waals surface area contributed by atoms with Gasteiger partial charge in [0.1, 0.15) is 0 Å². The molecule has 0 radical (unpaired) electrons. The average Bonchev–Trinajstić information content (AvgIpc) is 2.11. The zero-order chi connectivity index (χ0) is 13.2. The van der Waals surface area contributed by atoms with E-state index in [0.29, 0.717) is 11.0 Å². The number of rotatable bonds is 3. The first-order valence-electron chi connectivity index (χ1n) is 6.04. The number of carboxylic acids is 1. The van der Waals surface area contributed by atoms with E-state index in [1.165, 1.54) is 5.56 Å². The van der Waals surface area contributed by atoms with Gasteiger partial charge in [-0.05, 0) is 48.8 Å². The minimum Gasteiger partial charge on any atom is -0.478 e. The third-order valence-electron chi connectivity index (χ3n) is 2.97. The Morgan fingerprint density at radius 1 is 1.18 bits per heavy atom. The van der Waals surface area contributed by atoms with Gasteiger partial charge in [-0.1, -0.05) is 32.9 Å². The molecule has 94 valence electrons. The second kappa shape index (κ2) is 4.91. The van der Waals surface area contributed by atoms with E-state index < -0.39 is 5.97 Å². The van der Waals surface area contributed by atoms with Crippen molar-refractivity contribution in [3.8, 4) is 0 Å². The average molecular weight is 234 g/mol. The fourth-order valence-corrected chi connectivity index (χ4v) is 2.05. The second-order valence-corrected chi connectivity index (χ2v) is 5.97. The molecule has 0 spiro atoms. The van der Waals surface area contributed by atoms with Crippen molar-refractivity contribution >= 4 is 5.97 Å². The zero-order valence-electron chi connectivity index (χ0n) is 11.4. The van der Waals surface area contributed by atoms with Gasteiger partial charge in [-0.25, -0.2) is 4.79 Å². The maximum Gasteiger partial charge on any atom is 0.336 e. The van der Waals surface area contributed by atoms with Gasteiger partial charge < -0.3 is 5.11 Å². The lowest BCUT2D eigenvalue weighted by Crippen LogP contribution is -2.08. The van der Waals surface area contributed by atoms with Crippen molar-refractivity contribution in [2.75, 3.05) is 0 Å². The summed E-state index contributed by atoms with van der Waals surface area (Å²) < 4.78 is 0. The molecule has 0 saturated carbocycles. The maximum atomic E-state index is 11.1. The van der Waals surface area contributed by atoms with Crippen LogP contribution in [0.4, 0.5) is 0 Å². The lowest BCUT2D eigenvalue weighted by molar-refractivity contribution is 0.0695. The monoisotopic (exact) mass is 234 g/mol. The highest BCUT2D eigenvalue weighted by Gasteiger charge is 2.14. The lowest BCUT2D eigenvalue weighted by atomic mass is 9.87. The smallest absolute Gasteiger partial charge is 0.336 e. The largest absolute Gasteiger partial charge is 0.478 e. The molecule has 1 N–H and O–H groups in total. The van der Waals surface area contributed by atoms with E-state index in [1.54, 1.807) is 0 Å². The predicted molar refractivity (Wildman–Crippen MR) is 70.7 cm³/mol. The van der Waals surface area contributed by atoms with Crippen LogP contribution in [0.1, 0.15) is 54.2 Å². The molecule has 0 saturated heterocycles. The SMILES string of the molecule is Cc1cc(CCC(C)(C)C)cc(C)c1C(=O)O. The Kier molecular flexibility index (Phi) is 3.97. The summed E-state index contributed by atoms with van der Waals surface area (Å²) in [4.78, 5) is 11.1. The summed E-state index contributed by atoms with van der Waals surface area (Å²) in [5.41, 5.74) is 3.72. The highest BCUT2D eigenvalue weighted by atomic mass is 16.4. The number of carboxylic acid groups (broad SMARTS) is 1. The molecule has 2 nitrogen and oxygen atoms in total. The van der Waals surface area contributed by atoms with Crippen molar-refractivity contribution in [2.45, 2.75) is 47.5 Å². The molecule has 0 amide bonds. The van der Waals surface area contributed by atoms with Crippen LogP contribution in [0.3, 0.4) is 0 Å². The van der Waals surface area contributed by atoms with Crippen LogP contribution in [0.15, 0.2) is 12.1 Å². The van der Waals surface area contributed by atoms with Crippen molar-refractivity contribution in [1.82, 2.24) is 0 Å². The van der Waals surface area contributed by atoms with Crippen molar-refractivity contribution in [3.05, 3.63) is 34.4 Å². The van der Waals surface area contributed by atoms with E-state index in [-0.39, 0.29) is 0 Å². The number of aryl methyl sites for hydroxylation is 3. The molecule has 0 aliphatic heterocycles. The molecule has 0 heterocycles. The molecule has 1 aromatic rings. The minimum absolute atomic E-state index is 0.313. The summed E-state index contributed by atoms with van der Waals surface area (Å²) in [5.74, 6) is -0.831. The molecule has 1 aromatic carbocycles. The highest BCUT2D eigenvalue weighted by Crippen LogP contribution is 2.24. The van der Waals surface area contributed by atoms with Crippen LogP contribution in [0.25, 0.3) is 0 Å². The third kappa shape index (κ3) is 3.88. The normalized spacial score (nSPS) is 11.6. The molecule has 0 aliphatic carbocycles. The Hall–Kier alpha value is -1.31. The fourth-order valence-electron chi connectivity index (χ4n) is 2.05. The molecule has 0 unspecified atom stereocenters. The van der Waals surface area contributed by atoms with Crippen LogP contribution in [-0.2, 0) is 6.42 Å². The first-order chi connectivity index (χ1) is 7.70. The van der Waals surface area contributed by atoms with E-state index in [1.807, 2.05) is 26.0 Å². The third-order valence-corrected chi connectivity index (χ3v) is 2.97. The van der Waals surface area contributed by atoms with E-state index in [9.17, 15) is 4.79 Å². The number of hydrogen-bond donors (Lipinski definition) is 1. The molecule has 0 aliphatic rings. The van der Waals surface area contributed by atoms with Gasteiger partial charge in [0.25, 0.3) is 0 Å². The van der Waals surface area contributed by atoms with E-state index in [2.05, 4.69) is 20.8 Å². The number of aromatic carboxylic acids is 1. The van der Waals surface area contributed by atoms with Crippen LogP contribution < -0.4 is 0 Å². The predicted octanol–water partition coefficient (Wildman–Crippen LogP) is 3.98. The molecule has 0 fully saturated rings. The maximum absolute atomic E-state index is 11.1. The summed E-state index contributed by atoms with van der Waals surface area (Å²) >= 11 is 0. The first kappa shape index (κ1) is 13.8. The number of hydrogen-bond acceptors (Lipinski definition) is 1. The zero-order valence-corrected chi connectivity index (χ0v) is 11.4. The Bertz CT molecular complexity index is 402. The van der Waals surface area contributed by atoms with E-state index >= 15 is 0 Å². The van der Waals surface area contributed by atoms with Gasteiger partial charge in [0.05, 0.1) is 5.56 Å². The van der Waals surface area contributed by atoms with Gasteiger partial charge >= 0.3 is 5.97 Å². The molecular formula is C15H22O2. The van der Waals surface area contributed by atoms with Crippen LogP contribution in [0, 0.1) is 19.3 Å². The Morgan fingerprint density at radius 3 is 2.00 bits per heavy atom. The molecule has 1 rings (SSSR count). The highest BCUT2D eigenvalue weighted by molar-refractivity contribution is 5.91. The Balaban J connectivity index is 2.95. The van der Waals surface area contributed by atoms with Crippen LogP contribution in [0.2, 0.25) is 0 Å². The van der Waals surface area contributed by atoms with Crippen molar-refractivity contribution in [1.29, 1.82) is 0 Å². The van der Waals surface area contributed by atoms with E-state index in [0.717, 1.165) is 24.0 Å². The Morgan fingerprint density at radius 2 is 1.65 bits per heavy atom. The van der Waals surface area contributed by atoms with Gasteiger partial charge in [-0.3, -0.25) is 0 Å². The van der Waals surface area contributed by atoms with Gasteiger partial charge in [0.2, 0.25) is 0 Å². The summed E-state index contributed by atoms with van der Waals surface area (Å²) in [6, 6.07) is 4.00. The van der Waals surface area contributed by atoms with Gasteiger partial charge in [-0.15, -0.1) is 0 Å². The van der Waals surface area contributed by atoms with Gasteiger partial charge in [0.15, 0.2) is 0 Å². The second-order valence-electron chi connectivity index (χ2n) is 5.97. The fraction of sp³-hybridized carbons (Fsp3) is 0.533. The van der Waals surface area contributed by atoms with Crippen molar-refractivity contribution < 1.29 is 9.90 Å². The summed E-state index contributed by atoms with van der Waals surface area (Å²) in [6.07, 6.45) is 2.11. The van der Waals surface area contributed by atoms with Crippen molar-refractivity contribution in [3.63, 3.8) is 0 Å². The lowest BCUT2D eigenvalue weighted by Gasteiger charge is -2.18. The standard InChI is InChI=1S/C15H22O2/c1-10-8-12(6-7-15(3,4)5)9-11(2)13(10)14(16)17/h8-9H,6-7H2,1-5H3,(H,16,17). The quantitative estimate of drug-likeness (QED) is 0.858. The molecular weight excluding hydrogens is 212 g/mol. The van der Waals surface area contributed by atoms with Gasteiger partial charge in [0, 0.05) is 0 Å².